The van der Waals surface area contributed by atoms with Crippen LogP contribution in [0.15, 0.2) is 0 Å². The molecule has 0 aliphatic heterocycles. The first-order valence-electron chi connectivity index (χ1n) is 5.41. The third kappa shape index (κ3) is 2.82. The summed E-state index contributed by atoms with van der Waals surface area (Å²) in [6.45, 7) is 4.20. The summed E-state index contributed by atoms with van der Waals surface area (Å²) in [5, 5.41) is 19.6. The third-order valence-corrected chi connectivity index (χ3v) is 2.41. The first-order valence-corrected chi connectivity index (χ1v) is 5.41. The maximum Gasteiger partial charge on any atom is 0.332 e. The number of hydrogen-bond donors (Lipinski definition) is 1. The van der Waals surface area contributed by atoms with E-state index in [4.69, 9.17) is 11.0 Å². The number of hydrogen-bond acceptors (Lipinski definition) is 7. The molecule has 96 valence electrons. The van der Waals surface area contributed by atoms with Crippen molar-refractivity contribution in [2.75, 3.05) is 23.7 Å². The molecular formula is C10H14N6O2. The minimum Gasteiger partial charge on any atom is -0.368 e. The molecule has 0 fully saturated rings. The minimum absolute atomic E-state index is 0.0106. The van der Waals surface area contributed by atoms with Crippen LogP contribution in [-0.2, 0) is 0 Å². The van der Waals surface area contributed by atoms with Crippen LogP contribution >= 0.6 is 0 Å². The summed E-state index contributed by atoms with van der Waals surface area (Å²) in [4.78, 5) is 19.9. The zero-order valence-electron chi connectivity index (χ0n) is 10.3. The van der Waals surface area contributed by atoms with Crippen LogP contribution in [0.1, 0.15) is 19.0 Å². The quantitative estimate of drug-likeness (QED) is 0.611. The molecule has 0 aliphatic carbocycles. The van der Waals surface area contributed by atoms with Crippen LogP contribution in [0.4, 0.5) is 17.5 Å². The molecule has 0 bridgehead atoms. The third-order valence-electron chi connectivity index (χ3n) is 2.41. The van der Waals surface area contributed by atoms with Gasteiger partial charge in [0.05, 0.1) is 17.4 Å². The number of rotatable bonds is 5. The molecule has 8 nitrogen and oxygen atoms in total. The molecule has 0 radical (unpaired) electrons. The van der Waals surface area contributed by atoms with Gasteiger partial charge in [-0.2, -0.15) is 10.2 Å². The average Bonchev–Trinajstić information content (AvgIpc) is 2.28. The van der Waals surface area contributed by atoms with E-state index in [1.54, 1.807) is 4.90 Å². The van der Waals surface area contributed by atoms with Crippen molar-refractivity contribution in [3.63, 3.8) is 0 Å². The van der Waals surface area contributed by atoms with Crippen LogP contribution in [0.3, 0.4) is 0 Å². The number of nitrogen functional groups attached to an aromatic ring is 1. The lowest BCUT2D eigenvalue weighted by atomic mass is 10.3. The topological polar surface area (TPSA) is 122 Å². The number of nitrogens with zero attached hydrogens (tertiary/aromatic N) is 5. The number of aromatic nitrogens is 2. The minimum atomic E-state index is -0.529. The van der Waals surface area contributed by atoms with Crippen molar-refractivity contribution in [3.8, 4) is 6.07 Å². The van der Waals surface area contributed by atoms with Gasteiger partial charge in [-0.05, 0) is 13.8 Å². The van der Waals surface area contributed by atoms with Gasteiger partial charge >= 0.3 is 5.69 Å². The lowest BCUT2D eigenvalue weighted by molar-refractivity contribution is -0.385. The molecule has 1 rings (SSSR count). The monoisotopic (exact) mass is 250 g/mol. The Hall–Kier alpha value is -2.43. The molecule has 0 aliphatic rings. The van der Waals surface area contributed by atoms with Gasteiger partial charge in [-0.3, -0.25) is 10.1 Å². The molecule has 2 N–H and O–H groups in total. The molecule has 0 saturated carbocycles. The van der Waals surface area contributed by atoms with Gasteiger partial charge in [-0.15, -0.1) is 0 Å². The zero-order valence-corrected chi connectivity index (χ0v) is 10.3. The highest BCUT2D eigenvalue weighted by Crippen LogP contribution is 2.29. The second-order valence-corrected chi connectivity index (χ2v) is 3.58. The van der Waals surface area contributed by atoms with E-state index in [-0.39, 0.29) is 29.6 Å². The van der Waals surface area contributed by atoms with Crippen LogP contribution in [0.25, 0.3) is 0 Å². The van der Waals surface area contributed by atoms with E-state index in [1.165, 1.54) is 6.92 Å². The van der Waals surface area contributed by atoms with E-state index in [1.807, 2.05) is 13.0 Å². The Morgan fingerprint density at radius 3 is 2.72 bits per heavy atom. The SMILES string of the molecule is CCN(CCC#N)c1nc(N)nc(C)c1[N+](=O)[O-]. The van der Waals surface area contributed by atoms with Crippen molar-refractivity contribution in [1.29, 1.82) is 5.26 Å². The van der Waals surface area contributed by atoms with E-state index >= 15 is 0 Å². The molecule has 0 saturated heterocycles. The van der Waals surface area contributed by atoms with E-state index in [2.05, 4.69) is 9.97 Å². The largest absolute Gasteiger partial charge is 0.368 e. The Bertz CT molecular complexity index is 496. The van der Waals surface area contributed by atoms with Gasteiger partial charge in [-0.25, -0.2) is 4.98 Å². The normalized spacial score (nSPS) is 9.83. The predicted octanol–water partition coefficient (Wildman–Crippen LogP) is 1.02. The fourth-order valence-corrected chi connectivity index (χ4v) is 1.61. The second kappa shape index (κ2) is 5.77. The Morgan fingerprint density at radius 1 is 1.56 bits per heavy atom. The van der Waals surface area contributed by atoms with Crippen molar-refractivity contribution in [2.24, 2.45) is 0 Å². The highest BCUT2D eigenvalue weighted by Gasteiger charge is 2.25. The van der Waals surface area contributed by atoms with Gasteiger partial charge in [0.1, 0.15) is 5.69 Å². The van der Waals surface area contributed by atoms with Crippen LogP contribution in [0, 0.1) is 28.4 Å². The van der Waals surface area contributed by atoms with Crippen molar-refractivity contribution in [1.82, 2.24) is 9.97 Å². The maximum atomic E-state index is 11.0. The van der Waals surface area contributed by atoms with Gasteiger partial charge in [0.15, 0.2) is 0 Å². The predicted molar refractivity (Wildman–Crippen MR) is 66.0 cm³/mol. The van der Waals surface area contributed by atoms with Crippen molar-refractivity contribution in [3.05, 3.63) is 15.8 Å². The molecule has 1 aromatic rings. The lowest BCUT2D eigenvalue weighted by Gasteiger charge is -2.20. The van der Waals surface area contributed by atoms with E-state index < -0.39 is 4.92 Å². The summed E-state index contributed by atoms with van der Waals surface area (Å²) in [5.74, 6) is 0.159. The Kier molecular flexibility index (Phi) is 4.37. The second-order valence-electron chi connectivity index (χ2n) is 3.58. The number of anilines is 2. The van der Waals surface area contributed by atoms with Gasteiger partial charge in [0.25, 0.3) is 0 Å². The lowest BCUT2D eigenvalue weighted by Crippen LogP contribution is -2.26. The van der Waals surface area contributed by atoms with Gasteiger partial charge in [0.2, 0.25) is 11.8 Å². The molecule has 1 aromatic heterocycles. The molecule has 1 heterocycles. The van der Waals surface area contributed by atoms with Gasteiger partial charge in [0, 0.05) is 13.1 Å². The van der Waals surface area contributed by atoms with Crippen molar-refractivity contribution in [2.45, 2.75) is 20.3 Å². The Labute approximate surface area is 104 Å². The summed E-state index contributed by atoms with van der Waals surface area (Å²) in [5.41, 5.74) is 5.57. The molecule has 0 spiro atoms. The van der Waals surface area contributed by atoms with E-state index in [0.717, 1.165) is 0 Å². The standard InChI is InChI=1S/C10H14N6O2/c1-3-15(6-4-5-11)9-8(16(17)18)7(2)13-10(12)14-9/h3-4,6H2,1-2H3,(H2,12,13,14). The molecular weight excluding hydrogens is 236 g/mol. The van der Waals surface area contributed by atoms with Crippen LogP contribution in [0.5, 0.6) is 0 Å². The Morgan fingerprint density at radius 2 is 2.22 bits per heavy atom. The van der Waals surface area contributed by atoms with Crippen molar-refractivity contribution < 1.29 is 4.92 Å². The fraction of sp³-hybridized carbons (Fsp3) is 0.500. The summed E-state index contributed by atoms with van der Waals surface area (Å²) in [6.07, 6.45) is 0.258. The summed E-state index contributed by atoms with van der Waals surface area (Å²) in [6, 6.07) is 1.99. The van der Waals surface area contributed by atoms with Crippen molar-refractivity contribution >= 4 is 17.5 Å². The Balaban J connectivity index is 3.27. The van der Waals surface area contributed by atoms with Crippen LogP contribution < -0.4 is 10.6 Å². The number of nitro groups is 1. The molecule has 18 heavy (non-hydrogen) atoms. The fourth-order valence-electron chi connectivity index (χ4n) is 1.61. The van der Waals surface area contributed by atoms with Crippen LogP contribution in [0.2, 0.25) is 0 Å². The molecule has 0 unspecified atom stereocenters. The van der Waals surface area contributed by atoms with E-state index in [9.17, 15) is 10.1 Å². The summed E-state index contributed by atoms with van der Waals surface area (Å²) in [7, 11) is 0. The first-order chi connectivity index (χ1) is 8.51. The van der Waals surface area contributed by atoms with Crippen LogP contribution in [-0.4, -0.2) is 28.0 Å². The zero-order chi connectivity index (χ0) is 13.7. The molecule has 8 heteroatoms. The highest BCUT2D eigenvalue weighted by molar-refractivity contribution is 5.61. The maximum absolute atomic E-state index is 11.0. The first kappa shape index (κ1) is 13.6. The molecule has 0 amide bonds. The summed E-state index contributed by atoms with van der Waals surface area (Å²) >= 11 is 0. The van der Waals surface area contributed by atoms with E-state index in [0.29, 0.717) is 13.1 Å². The van der Waals surface area contributed by atoms with Gasteiger partial charge in [-0.1, -0.05) is 0 Å². The average molecular weight is 250 g/mol. The molecule has 0 atom stereocenters. The highest BCUT2D eigenvalue weighted by atomic mass is 16.6. The smallest absolute Gasteiger partial charge is 0.332 e. The number of aryl methyl sites for hydroxylation is 1. The number of nitriles is 1. The molecule has 0 aromatic carbocycles. The van der Waals surface area contributed by atoms with Gasteiger partial charge < -0.3 is 10.6 Å². The number of nitrogens with two attached hydrogens (primary N) is 1. The summed E-state index contributed by atoms with van der Waals surface area (Å²) < 4.78 is 0.